The molecule has 1 fully saturated rings. The fourth-order valence-electron chi connectivity index (χ4n) is 3.00. The van der Waals surface area contributed by atoms with Crippen LogP contribution in [0.2, 0.25) is 0 Å². The molecule has 8 heteroatoms. The number of benzene rings is 1. The molecule has 0 amide bonds. The molecule has 0 radical (unpaired) electrons. The van der Waals surface area contributed by atoms with Crippen molar-refractivity contribution in [2.75, 3.05) is 6.54 Å². The summed E-state index contributed by atoms with van der Waals surface area (Å²) in [6.45, 7) is 3.99. The highest BCUT2D eigenvalue weighted by molar-refractivity contribution is 7.89. The van der Waals surface area contributed by atoms with Gasteiger partial charge in [0, 0.05) is 17.5 Å². The molecule has 2 aromatic rings. The Hall–Kier alpha value is -1.77. The number of carboxylic acid groups (broad SMARTS) is 1. The van der Waals surface area contributed by atoms with E-state index >= 15 is 0 Å². The SMILES string of the molecule is Cc1ccc(S(=O)(=O)N2CCC[C@H]2C(=O)O)c(-c2nscc2C)c1. The molecule has 1 aromatic carbocycles. The third-order valence-electron chi connectivity index (χ3n) is 4.21. The number of rotatable bonds is 4. The van der Waals surface area contributed by atoms with Crippen LogP contribution < -0.4 is 0 Å². The van der Waals surface area contributed by atoms with E-state index in [2.05, 4.69) is 4.37 Å². The van der Waals surface area contributed by atoms with Crippen molar-refractivity contribution in [1.82, 2.24) is 8.68 Å². The van der Waals surface area contributed by atoms with Gasteiger partial charge in [-0.05, 0) is 55.9 Å². The Morgan fingerprint density at radius 3 is 2.75 bits per heavy atom. The van der Waals surface area contributed by atoms with Gasteiger partial charge in [-0.1, -0.05) is 11.6 Å². The number of aryl methyl sites for hydroxylation is 2. The first-order valence-electron chi connectivity index (χ1n) is 7.59. The standard InChI is InChI=1S/C16H18N2O4S2/c1-10-5-6-14(12(8-10)15-11(2)9-23-17-15)24(21,22)18-7-3-4-13(18)16(19)20/h5-6,8-9,13H,3-4,7H2,1-2H3,(H,19,20)/t13-/m0/s1. The molecule has 1 saturated heterocycles. The van der Waals surface area contributed by atoms with Gasteiger partial charge >= 0.3 is 5.97 Å². The minimum atomic E-state index is -3.91. The molecule has 0 aliphatic carbocycles. The molecule has 1 N–H and O–H groups in total. The van der Waals surface area contributed by atoms with Gasteiger partial charge in [-0.3, -0.25) is 4.79 Å². The van der Waals surface area contributed by atoms with Gasteiger partial charge in [0.1, 0.15) is 6.04 Å². The second kappa shape index (κ2) is 6.27. The van der Waals surface area contributed by atoms with Crippen LogP contribution in [0, 0.1) is 13.8 Å². The van der Waals surface area contributed by atoms with Crippen LogP contribution >= 0.6 is 11.5 Å². The number of aromatic nitrogens is 1. The Kier molecular flexibility index (Phi) is 4.46. The highest BCUT2D eigenvalue weighted by Gasteiger charge is 2.40. The summed E-state index contributed by atoms with van der Waals surface area (Å²) in [6.07, 6.45) is 0.888. The molecule has 1 aliphatic rings. The number of sulfonamides is 1. The number of hydrogen-bond donors (Lipinski definition) is 1. The van der Waals surface area contributed by atoms with E-state index in [1.165, 1.54) is 11.5 Å². The first kappa shape index (κ1) is 17.1. The lowest BCUT2D eigenvalue weighted by Crippen LogP contribution is -2.40. The molecule has 2 heterocycles. The van der Waals surface area contributed by atoms with E-state index in [-0.39, 0.29) is 11.4 Å². The van der Waals surface area contributed by atoms with Gasteiger partial charge in [-0.2, -0.15) is 8.68 Å². The van der Waals surface area contributed by atoms with Crippen molar-refractivity contribution >= 4 is 27.5 Å². The van der Waals surface area contributed by atoms with Crippen molar-refractivity contribution in [3.63, 3.8) is 0 Å². The van der Waals surface area contributed by atoms with Gasteiger partial charge in [0.25, 0.3) is 0 Å². The Balaban J connectivity index is 2.16. The lowest BCUT2D eigenvalue weighted by atomic mass is 10.1. The van der Waals surface area contributed by atoms with E-state index in [0.717, 1.165) is 15.4 Å². The van der Waals surface area contributed by atoms with Crippen molar-refractivity contribution in [3.05, 3.63) is 34.7 Å². The molecule has 6 nitrogen and oxygen atoms in total. The van der Waals surface area contributed by atoms with Crippen LogP contribution in [-0.2, 0) is 14.8 Å². The molecular formula is C16H18N2O4S2. The topological polar surface area (TPSA) is 87.6 Å². The molecule has 24 heavy (non-hydrogen) atoms. The average molecular weight is 366 g/mol. The third-order valence-corrected chi connectivity index (χ3v) is 6.93. The van der Waals surface area contributed by atoms with Crippen LogP contribution in [0.1, 0.15) is 24.0 Å². The van der Waals surface area contributed by atoms with Crippen molar-refractivity contribution in [2.24, 2.45) is 0 Å². The van der Waals surface area contributed by atoms with Gasteiger partial charge in [0.05, 0.1) is 10.6 Å². The molecule has 1 aliphatic heterocycles. The Morgan fingerprint density at radius 1 is 1.38 bits per heavy atom. The van der Waals surface area contributed by atoms with E-state index in [1.807, 2.05) is 19.2 Å². The maximum Gasteiger partial charge on any atom is 0.322 e. The molecule has 0 unspecified atom stereocenters. The third kappa shape index (κ3) is 2.85. The summed E-state index contributed by atoms with van der Waals surface area (Å²) in [5.41, 5.74) is 2.99. The molecule has 1 aromatic heterocycles. The molecule has 3 rings (SSSR count). The Bertz CT molecular complexity index is 889. The van der Waals surface area contributed by atoms with E-state index in [4.69, 9.17) is 0 Å². The predicted molar refractivity (Wildman–Crippen MR) is 91.6 cm³/mol. The number of aliphatic carboxylic acids is 1. The zero-order valence-corrected chi connectivity index (χ0v) is 15.0. The number of nitrogens with zero attached hydrogens (tertiary/aromatic N) is 2. The Morgan fingerprint density at radius 2 is 2.12 bits per heavy atom. The first-order chi connectivity index (χ1) is 11.3. The van der Waals surface area contributed by atoms with Crippen LogP contribution in [0.4, 0.5) is 0 Å². The van der Waals surface area contributed by atoms with Crippen molar-refractivity contribution < 1.29 is 18.3 Å². The van der Waals surface area contributed by atoms with E-state index in [9.17, 15) is 18.3 Å². The van der Waals surface area contributed by atoms with E-state index in [0.29, 0.717) is 24.1 Å². The summed E-state index contributed by atoms with van der Waals surface area (Å²) in [5.74, 6) is -1.10. The largest absolute Gasteiger partial charge is 0.480 e. The van der Waals surface area contributed by atoms with Crippen LogP contribution in [0.15, 0.2) is 28.5 Å². The van der Waals surface area contributed by atoms with Gasteiger partial charge < -0.3 is 5.11 Å². The second-order valence-electron chi connectivity index (χ2n) is 5.96. The summed E-state index contributed by atoms with van der Waals surface area (Å²) < 4.78 is 31.7. The van der Waals surface area contributed by atoms with Gasteiger partial charge in [-0.25, -0.2) is 8.42 Å². The minimum Gasteiger partial charge on any atom is -0.480 e. The summed E-state index contributed by atoms with van der Waals surface area (Å²) in [4.78, 5) is 11.5. The van der Waals surface area contributed by atoms with E-state index < -0.39 is 22.0 Å². The monoisotopic (exact) mass is 366 g/mol. The molecule has 0 bridgehead atoms. The summed E-state index contributed by atoms with van der Waals surface area (Å²) in [7, 11) is -3.91. The van der Waals surface area contributed by atoms with Gasteiger partial charge in [0.2, 0.25) is 10.0 Å². The fraction of sp³-hybridized carbons (Fsp3) is 0.375. The maximum atomic E-state index is 13.1. The predicted octanol–water partition coefficient (Wildman–Crippen LogP) is 2.66. The van der Waals surface area contributed by atoms with Gasteiger partial charge in [0.15, 0.2) is 0 Å². The van der Waals surface area contributed by atoms with Crippen molar-refractivity contribution in [3.8, 4) is 11.3 Å². The van der Waals surface area contributed by atoms with Crippen molar-refractivity contribution in [2.45, 2.75) is 37.6 Å². The van der Waals surface area contributed by atoms with Crippen LogP contribution in [0.3, 0.4) is 0 Å². The number of carbonyl (C=O) groups is 1. The highest BCUT2D eigenvalue weighted by Crippen LogP contribution is 2.34. The lowest BCUT2D eigenvalue weighted by molar-refractivity contribution is -0.140. The molecule has 0 saturated carbocycles. The van der Waals surface area contributed by atoms with Crippen molar-refractivity contribution in [1.29, 1.82) is 0 Å². The number of hydrogen-bond acceptors (Lipinski definition) is 5. The second-order valence-corrected chi connectivity index (χ2v) is 8.45. The van der Waals surface area contributed by atoms with Gasteiger partial charge in [-0.15, -0.1) is 0 Å². The Labute approximate surface area is 145 Å². The minimum absolute atomic E-state index is 0.121. The molecule has 0 spiro atoms. The maximum absolute atomic E-state index is 13.1. The quantitative estimate of drug-likeness (QED) is 0.899. The smallest absolute Gasteiger partial charge is 0.322 e. The zero-order valence-electron chi connectivity index (χ0n) is 13.4. The fourth-order valence-corrected chi connectivity index (χ4v) is 5.50. The lowest BCUT2D eigenvalue weighted by Gasteiger charge is -2.22. The molecule has 1 atom stereocenters. The molecular weight excluding hydrogens is 348 g/mol. The molecule has 128 valence electrons. The zero-order chi connectivity index (χ0) is 17.5. The summed E-state index contributed by atoms with van der Waals surface area (Å²) in [6, 6.07) is 4.07. The average Bonchev–Trinajstić information content (AvgIpc) is 3.15. The van der Waals surface area contributed by atoms with Crippen LogP contribution in [0.5, 0.6) is 0 Å². The summed E-state index contributed by atoms with van der Waals surface area (Å²) in [5, 5.41) is 11.2. The normalized spacial score (nSPS) is 18.8. The van der Waals surface area contributed by atoms with E-state index in [1.54, 1.807) is 18.2 Å². The van der Waals surface area contributed by atoms with Crippen LogP contribution in [0.25, 0.3) is 11.3 Å². The summed E-state index contributed by atoms with van der Waals surface area (Å²) >= 11 is 1.27. The van der Waals surface area contributed by atoms with Crippen LogP contribution in [-0.4, -0.2) is 40.8 Å². The number of carboxylic acids is 1. The first-order valence-corrected chi connectivity index (χ1v) is 9.86. The highest BCUT2D eigenvalue weighted by atomic mass is 32.2.